The van der Waals surface area contributed by atoms with Crippen molar-refractivity contribution >= 4 is 5.91 Å². The van der Waals surface area contributed by atoms with Crippen molar-refractivity contribution in [3.63, 3.8) is 0 Å². The summed E-state index contributed by atoms with van der Waals surface area (Å²) in [5.74, 6) is 1.29. The fourth-order valence-electron chi connectivity index (χ4n) is 5.13. The summed E-state index contributed by atoms with van der Waals surface area (Å²) in [6.07, 6.45) is 5.26. The third kappa shape index (κ3) is 8.57. The van der Waals surface area contributed by atoms with Gasteiger partial charge < -0.3 is 19.5 Å². The third-order valence-corrected chi connectivity index (χ3v) is 7.36. The molecule has 0 bridgehead atoms. The van der Waals surface area contributed by atoms with Crippen molar-refractivity contribution in [3.05, 3.63) is 77.2 Å². The van der Waals surface area contributed by atoms with Crippen molar-refractivity contribution in [2.24, 2.45) is 0 Å². The minimum atomic E-state index is 0.0277. The van der Waals surface area contributed by atoms with Crippen LogP contribution in [0.25, 0.3) is 11.3 Å². The van der Waals surface area contributed by atoms with E-state index in [-0.39, 0.29) is 12.0 Å². The van der Waals surface area contributed by atoms with Gasteiger partial charge in [0, 0.05) is 50.7 Å². The molecule has 2 aromatic carbocycles. The van der Waals surface area contributed by atoms with Gasteiger partial charge in [-0.3, -0.25) is 9.69 Å². The summed E-state index contributed by atoms with van der Waals surface area (Å²) in [4.78, 5) is 24.1. The van der Waals surface area contributed by atoms with Gasteiger partial charge in [-0.05, 0) is 48.4 Å². The van der Waals surface area contributed by atoms with Crippen molar-refractivity contribution in [1.82, 2.24) is 20.2 Å². The molecule has 1 amide bonds. The number of carbonyl (C=O) groups is 1. The highest BCUT2D eigenvalue weighted by atomic mass is 16.5. The number of nitrogens with zero attached hydrogens (tertiary/aromatic N) is 4. The summed E-state index contributed by atoms with van der Waals surface area (Å²) in [6, 6.07) is 17.7. The predicted molar refractivity (Wildman–Crippen MR) is 154 cm³/mol. The predicted octanol–water partition coefficient (Wildman–Crippen LogP) is 3.54. The highest BCUT2D eigenvalue weighted by Gasteiger charge is 2.18. The standard InChI is InChI=1S/C32H37N5O4/c33-23-27-22-26(5-6-30(27)41-28-8-15-39-16-9-28)29-7-11-34-31(36-29)20-24-3-1-4-25(19-24)21-32(38)35-10-2-12-37-13-17-40-18-14-37/h1,3-7,11,19,22,28H,2,8-10,12-18,20-21H2,(H,35,38). The maximum atomic E-state index is 12.5. The molecule has 0 saturated carbocycles. The lowest BCUT2D eigenvalue weighted by Crippen LogP contribution is -2.38. The van der Waals surface area contributed by atoms with Crippen LogP contribution in [0.1, 0.15) is 41.8 Å². The first-order chi connectivity index (χ1) is 20.2. The number of amides is 1. The maximum absolute atomic E-state index is 12.5. The van der Waals surface area contributed by atoms with Crippen LogP contribution in [0.15, 0.2) is 54.7 Å². The summed E-state index contributed by atoms with van der Waals surface area (Å²) in [6.45, 7) is 6.52. The van der Waals surface area contributed by atoms with Crippen LogP contribution in [-0.4, -0.2) is 79.5 Å². The number of benzene rings is 2. The average Bonchev–Trinajstić information content (AvgIpc) is 3.01. The largest absolute Gasteiger partial charge is 0.489 e. The second-order valence-corrected chi connectivity index (χ2v) is 10.4. The Bertz CT molecular complexity index is 1350. The van der Waals surface area contributed by atoms with E-state index in [0.717, 1.165) is 74.5 Å². The van der Waals surface area contributed by atoms with Gasteiger partial charge in [-0.25, -0.2) is 9.97 Å². The van der Waals surface area contributed by atoms with E-state index in [1.165, 1.54) is 0 Å². The van der Waals surface area contributed by atoms with Crippen molar-refractivity contribution in [2.45, 2.75) is 38.2 Å². The number of ether oxygens (including phenoxy) is 3. The Morgan fingerprint density at radius 3 is 2.68 bits per heavy atom. The first-order valence-electron chi connectivity index (χ1n) is 14.4. The van der Waals surface area contributed by atoms with E-state index in [9.17, 15) is 10.1 Å². The Hall–Kier alpha value is -3.84. The zero-order valence-electron chi connectivity index (χ0n) is 23.4. The molecule has 0 radical (unpaired) electrons. The van der Waals surface area contributed by atoms with Gasteiger partial charge in [0.15, 0.2) is 0 Å². The Kier molecular flexibility index (Phi) is 10.3. The topological polar surface area (TPSA) is 110 Å². The molecule has 0 atom stereocenters. The molecule has 9 nitrogen and oxygen atoms in total. The lowest BCUT2D eigenvalue weighted by atomic mass is 10.0. The molecule has 2 aliphatic rings. The summed E-state index contributed by atoms with van der Waals surface area (Å²) in [5, 5.41) is 12.8. The summed E-state index contributed by atoms with van der Waals surface area (Å²) in [5.41, 5.74) is 4.07. The smallest absolute Gasteiger partial charge is 0.224 e. The van der Waals surface area contributed by atoms with E-state index < -0.39 is 0 Å². The molecular weight excluding hydrogens is 518 g/mol. The molecule has 3 heterocycles. The molecule has 1 N–H and O–H groups in total. The van der Waals surface area contributed by atoms with E-state index in [0.29, 0.717) is 49.7 Å². The average molecular weight is 556 g/mol. The molecule has 0 aliphatic carbocycles. The number of hydrogen-bond acceptors (Lipinski definition) is 8. The zero-order chi connectivity index (χ0) is 28.3. The van der Waals surface area contributed by atoms with Crippen LogP contribution in [0.4, 0.5) is 0 Å². The van der Waals surface area contributed by atoms with E-state index >= 15 is 0 Å². The molecule has 2 aliphatic heterocycles. The molecule has 0 unspecified atom stereocenters. The van der Waals surface area contributed by atoms with Crippen molar-refractivity contribution in [1.29, 1.82) is 5.26 Å². The highest BCUT2D eigenvalue weighted by Crippen LogP contribution is 2.27. The molecule has 2 fully saturated rings. The monoisotopic (exact) mass is 555 g/mol. The maximum Gasteiger partial charge on any atom is 0.224 e. The van der Waals surface area contributed by atoms with Gasteiger partial charge in [0.25, 0.3) is 0 Å². The van der Waals surface area contributed by atoms with Crippen LogP contribution >= 0.6 is 0 Å². The molecule has 214 valence electrons. The fraction of sp³-hybridized carbons (Fsp3) is 0.438. The van der Waals surface area contributed by atoms with E-state index in [1.54, 1.807) is 6.20 Å². The zero-order valence-corrected chi connectivity index (χ0v) is 23.4. The number of hydrogen-bond donors (Lipinski definition) is 1. The van der Waals surface area contributed by atoms with Gasteiger partial charge in [0.2, 0.25) is 5.91 Å². The van der Waals surface area contributed by atoms with E-state index in [4.69, 9.17) is 19.2 Å². The van der Waals surface area contributed by atoms with Gasteiger partial charge in [-0.2, -0.15) is 5.26 Å². The normalized spacial score (nSPS) is 16.2. The molecule has 3 aromatic rings. The van der Waals surface area contributed by atoms with Gasteiger partial charge >= 0.3 is 0 Å². The molecule has 5 rings (SSSR count). The van der Waals surface area contributed by atoms with Crippen LogP contribution in [-0.2, 0) is 27.1 Å². The molecule has 0 spiro atoms. The first-order valence-corrected chi connectivity index (χ1v) is 14.4. The second-order valence-electron chi connectivity index (χ2n) is 10.4. The van der Waals surface area contributed by atoms with Crippen LogP contribution in [0.2, 0.25) is 0 Å². The Balaban J connectivity index is 1.16. The number of morpholine rings is 1. The second kappa shape index (κ2) is 14.7. The molecule has 9 heteroatoms. The Morgan fingerprint density at radius 1 is 1.05 bits per heavy atom. The van der Waals surface area contributed by atoms with Crippen molar-refractivity contribution in [2.75, 3.05) is 52.6 Å². The minimum Gasteiger partial charge on any atom is -0.489 e. The minimum absolute atomic E-state index is 0.0277. The van der Waals surface area contributed by atoms with E-state index in [1.807, 2.05) is 48.5 Å². The fourth-order valence-corrected chi connectivity index (χ4v) is 5.13. The van der Waals surface area contributed by atoms with E-state index in [2.05, 4.69) is 21.3 Å². The highest BCUT2D eigenvalue weighted by molar-refractivity contribution is 5.78. The first kappa shape index (κ1) is 28.7. The van der Waals surface area contributed by atoms with Gasteiger partial charge in [-0.15, -0.1) is 0 Å². The SMILES string of the molecule is N#Cc1cc(-c2ccnc(Cc3cccc(CC(=O)NCCCN4CCOCC4)c3)n2)ccc1OC1CCOCC1. The van der Waals surface area contributed by atoms with Gasteiger partial charge in [0.1, 0.15) is 23.7 Å². The lowest BCUT2D eigenvalue weighted by Gasteiger charge is -2.26. The van der Waals surface area contributed by atoms with Crippen LogP contribution in [0, 0.1) is 11.3 Å². The lowest BCUT2D eigenvalue weighted by molar-refractivity contribution is -0.120. The van der Waals surface area contributed by atoms with Crippen molar-refractivity contribution in [3.8, 4) is 23.1 Å². The molecule has 2 saturated heterocycles. The van der Waals surface area contributed by atoms with Crippen molar-refractivity contribution < 1.29 is 19.0 Å². The summed E-state index contributed by atoms with van der Waals surface area (Å²) >= 11 is 0. The van der Waals surface area contributed by atoms with Crippen LogP contribution < -0.4 is 10.1 Å². The number of aromatic nitrogens is 2. The number of nitrogens with one attached hydrogen (secondary N) is 1. The summed E-state index contributed by atoms with van der Waals surface area (Å²) < 4.78 is 16.9. The molecule has 41 heavy (non-hydrogen) atoms. The number of carbonyl (C=O) groups excluding carboxylic acids is 1. The number of nitriles is 1. The van der Waals surface area contributed by atoms with Crippen LogP contribution in [0.3, 0.4) is 0 Å². The molecule has 1 aromatic heterocycles. The Labute approximate surface area is 241 Å². The van der Waals surface area contributed by atoms with Gasteiger partial charge in [-0.1, -0.05) is 24.3 Å². The van der Waals surface area contributed by atoms with Crippen LogP contribution in [0.5, 0.6) is 5.75 Å². The van der Waals surface area contributed by atoms with Gasteiger partial charge in [0.05, 0.1) is 44.1 Å². The summed E-state index contributed by atoms with van der Waals surface area (Å²) in [7, 11) is 0. The third-order valence-electron chi connectivity index (χ3n) is 7.36. The molecular formula is C32H37N5O4. The Morgan fingerprint density at radius 2 is 1.85 bits per heavy atom. The number of rotatable bonds is 11. The quantitative estimate of drug-likeness (QED) is 0.358.